The van der Waals surface area contributed by atoms with E-state index in [1.54, 1.807) is 0 Å². The van der Waals surface area contributed by atoms with Crippen molar-refractivity contribution in [2.45, 2.75) is 20.3 Å². The van der Waals surface area contributed by atoms with Gasteiger partial charge in [-0.2, -0.15) is 0 Å². The Labute approximate surface area is 99.1 Å². The average Bonchev–Trinajstić information content (AvgIpc) is 2.21. The van der Waals surface area contributed by atoms with Gasteiger partial charge in [-0.05, 0) is 13.3 Å². The fraction of sp³-hybridized carbons (Fsp3) is 0.917. The molecule has 0 aliphatic rings. The first kappa shape index (κ1) is 15.4. The number of hydrogen-bond acceptors (Lipinski definition) is 3. The summed E-state index contributed by atoms with van der Waals surface area (Å²) < 4.78 is 11.2. The van der Waals surface area contributed by atoms with Crippen LogP contribution in [0.3, 0.4) is 0 Å². The van der Waals surface area contributed by atoms with Crippen LogP contribution in [0.5, 0.6) is 0 Å². The van der Waals surface area contributed by atoms with E-state index in [9.17, 15) is 4.79 Å². The normalized spacial score (nSPS) is 15.6. The molecular formula is C12H26NO3+. The highest BCUT2D eigenvalue weighted by atomic mass is 16.5. The molecule has 16 heavy (non-hydrogen) atoms. The largest absolute Gasteiger partial charge is 0.469 e. The maximum Gasteiger partial charge on any atom is 0.313 e. The molecule has 1 atom stereocenters. The van der Waals surface area contributed by atoms with Gasteiger partial charge in [0.15, 0.2) is 0 Å². The van der Waals surface area contributed by atoms with Crippen molar-refractivity contribution in [1.29, 1.82) is 0 Å². The average molecular weight is 232 g/mol. The number of esters is 1. The summed E-state index contributed by atoms with van der Waals surface area (Å²) in [4.78, 5) is 11.5. The molecule has 0 aromatic carbocycles. The maximum atomic E-state index is 11.5. The van der Waals surface area contributed by atoms with E-state index in [0.29, 0.717) is 13.2 Å². The lowest BCUT2D eigenvalue weighted by molar-refractivity contribution is -0.870. The fourth-order valence-corrected chi connectivity index (χ4v) is 1.19. The van der Waals surface area contributed by atoms with Crippen molar-refractivity contribution in [2.24, 2.45) is 5.41 Å². The molecule has 0 bridgehead atoms. The Balaban J connectivity index is 4.02. The van der Waals surface area contributed by atoms with Gasteiger partial charge in [0.25, 0.3) is 0 Å². The number of quaternary nitrogens is 1. The Morgan fingerprint density at radius 2 is 1.88 bits per heavy atom. The first-order valence-electron chi connectivity index (χ1n) is 5.72. The maximum absolute atomic E-state index is 11.5. The van der Waals surface area contributed by atoms with Gasteiger partial charge in [0.1, 0.15) is 6.54 Å². The molecule has 0 radical (unpaired) electrons. The lowest BCUT2D eigenvalue weighted by atomic mass is 9.89. The van der Waals surface area contributed by atoms with E-state index >= 15 is 0 Å². The number of carbonyl (C=O) groups excluding carboxylic acids is 1. The zero-order valence-corrected chi connectivity index (χ0v) is 11.5. The second kappa shape index (κ2) is 6.21. The van der Waals surface area contributed by atoms with Crippen LogP contribution in [0.2, 0.25) is 0 Å². The van der Waals surface area contributed by atoms with Crippen molar-refractivity contribution in [2.75, 3.05) is 48.0 Å². The van der Waals surface area contributed by atoms with E-state index in [1.165, 1.54) is 7.11 Å². The molecule has 0 fully saturated rings. The molecule has 4 nitrogen and oxygen atoms in total. The van der Waals surface area contributed by atoms with Crippen LogP contribution in [-0.2, 0) is 14.3 Å². The number of ether oxygens (including phenoxy) is 2. The highest BCUT2D eigenvalue weighted by molar-refractivity contribution is 5.76. The Hall–Kier alpha value is -0.610. The van der Waals surface area contributed by atoms with Gasteiger partial charge in [0.05, 0.1) is 46.9 Å². The molecule has 96 valence electrons. The minimum absolute atomic E-state index is 0.194. The van der Waals surface area contributed by atoms with Gasteiger partial charge in [0, 0.05) is 0 Å². The van der Waals surface area contributed by atoms with Crippen LogP contribution in [-0.4, -0.2) is 58.5 Å². The Morgan fingerprint density at radius 1 is 1.31 bits per heavy atom. The molecule has 4 heteroatoms. The van der Waals surface area contributed by atoms with Gasteiger partial charge in [0.2, 0.25) is 0 Å². The molecule has 0 N–H and O–H groups in total. The lowest BCUT2D eigenvalue weighted by Gasteiger charge is -2.27. The van der Waals surface area contributed by atoms with E-state index in [2.05, 4.69) is 21.1 Å². The number of likely N-dealkylation sites (N-methyl/N-ethyl adjacent to an activating group) is 1. The molecule has 1 unspecified atom stereocenters. The second-order valence-corrected chi connectivity index (χ2v) is 5.47. The van der Waals surface area contributed by atoms with Crippen molar-refractivity contribution in [1.82, 2.24) is 0 Å². The topological polar surface area (TPSA) is 35.5 Å². The van der Waals surface area contributed by atoms with Gasteiger partial charge in [-0.1, -0.05) is 6.92 Å². The molecule has 0 aliphatic heterocycles. The molecule has 0 rings (SSSR count). The number of carbonyl (C=O) groups is 1. The Morgan fingerprint density at radius 3 is 2.25 bits per heavy atom. The minimum atomic E-state index is -0.514. The molecule has 0 saturated heterocycles. The summed E-state index contributed by atoms with van der Waals surface area (Å²) in [7, 11) is 7.76. The van der Waals surface area contributed by atoms with E-state index in [0.717, 1.165) is 17.4 Å². The van der Waals surface area contributed by atoms with Crippen molar-refractivity contribution in [3.05, 3.63) is 0 Å². The number of hydrogen-bond donors (Lipinski definition) is 0. The standard InChI is InChI=1S/C12H26NO3/c1-7-12(2,11(14)15-6)10-16-9-8-13(3,4)5/h7-10H2,1-6H3/q+1. The van der Waals surface area contributed by atoms with Gasteiger partial charge in [-0.3, -0.25) is 4.79 Å². The van der Waals surface area contributed by atoms with Crippen LogP contribution in [0, 0.1) is 5.41 Å². The monoisotopic (exact) mass is 232 g/mol. The molecule has 0 spiro atoms. The zero-order valence-electron chi connectivity index (χ0n) is 11.5. The molecule has 0 aliphatic carbocycles. The SMILES string of the molecule is CCC(C)(COCC[N+](C)(C)C)C(=O)OC. The number of methoxy groups -OCH3 is 1. The third kappa shape index (κ3) is 5.47. The first-order valence-corrected chi connectivity index (χ1v) is 5.72. The van der Waals surface area contributed by atoms with Gasteiger partial charge >= 0.3 is 5.97 Å². The van der Waals surface area contributed by atoms with Crippen molar-refractivity contribution >= 4 is 5.97 Å². The van der Waals surface area contributed by atoms with E-state index in [1.807, 2.05) is 13.8 Å². The second-order valence-electron chi connectivity index (χ2n) is 5.47. The fourth-order valence-electron chi connectivity index (χ4n) is 1.19. The van der Waals surface area contributed by atoms with Crippen LogP contribution in [0.15, 0.2) is 0 Å². The van der Waals surface area contributed by atoms with E-state index in [4.69, 9.17) is 9.47 Å². The molecule has 0 amide bonds. The molecule has 0 heterocycles. The molecule has 0 saturated carbocycles. The number of nitrogens with zero attached hydrogens (tertiary/aromatic N) is 1. The third-order valence-corrected chi connectivity index (χ3v) is 2.79. The van der Waals surface area contributed by atoms with Gasteiger partial charge in [-0.15, -0.1) is 0 Å². The van der Waals surface area contributed by atoms with Crippen LogP contribution < -0.4 is 0 Å². The zero-order chi connectivity index (χ0) is 12.8. The summed E-state index contributed by atoms with van der Waals surface area (Å²) in [6, 6.07) is 0. The smallest absolute Gasteiger partial charge is 0.313 e. The van der Waals surface area contributed by atoms with E-state index in [-0.39, 0.29) is 5.97 Å². The molecule has 0 aromatic rings. The van der Waals surface area contributed by atoms with Gasteiger partial charge < -0.3 is 14.0 Å². The van der Waals surface area contributed by atoms with E-state index < -0.39 is 5.41 Å². The highest BCUT2D eigenvalue weighted by Crippen LogP contribution is 2.23. The molecule has 0 aromatic heterocycles. The lowest BCUT2D eigenvalue weighted by Crippen LogP contribution is -2.39. The van der Waals surface area contributed by atoms with Crippen LogP contribution >= 0.6 is 0 Å². The molecular weight excluding hydrogens is 206 g/mol. The summed E-state index contributed by atoms with van der Waals surface area (Å²) in [5.74, 6) is -0.194. The highest BCUT2D eigenvalue weighted by Gasteiger charge is 2.32. The van der Waals surface area contributed by atoms with Gasteiger partial charge in [-0.25, -0.2) is 0 Å². The first-order chi connectivity index (χ1) is 7.25. The van der Waals surface area contributed by atoms with Crippen LogP contribution in [0.25, 0.3) is 0 Å². The van der Waals surface area contributed by atoms with Crippen LogP contribution in [0.4, 0.5) is 0 Å². The van der Waals surface area contributed by atoms with Crippen molar-refractivity contribution < 1.29 is 18.8 Å². The quantitative estimate of drug-likeness (QED) is 0.377. The summed E-state index contributed by atoms with van der Waals surface area (Å²) in [6.07, 6.45) is 0.726. The van der Waals surface area contributed by atoms with Crippen molar-refractivity contribution in [3.8, 4) is 0 Å². The predicted octanol–water partition coefficient (Wildman–Crippen LogP) is 1.30. The minimum Gasteiger partial charge on any atom is -0.469 e. The predicted molar refractivity (Wildman–Crippen MR) is 64.1 cm³/mol. The summed E-state index contributed by atoms with van der Waals surface area (Å²) in [5, 5.41) is 0. The summed E-state index contributed by atoms with van der Waals surface area (Å²) >= 11 is 0. The summed E-state index contributed by atoms with van der Waals surface area (Å²) in [6.45, 7) is 5.87. The number of rotatable bonds is 7. The summed E-state index contributed by atoms with van der Waals surface area (Å²) in [5.41, 5.74) is -0.514. The Bertz CT molecular complexity index is 223. The third-order valence-electron chi connectivity index (χ3n) is 2.79. The van der Waals surface area contributed by atoms with Crippen molar-refractivity contribution in [3.63, 3.8) is 0 Å². The van der Waals surface area contributed by atoms with Crippen LogP contribution in [0.1, 0.15) is 20.3 Å². The Kier molecular flexibility index (Phi) is 5.97.